The molecule has 126 valence electrons. The largest absolute Gasteiger partial charge is 0.478 e. The van der Waals surface area contributed by atoms with Crippen molar-refractivity contribution in [1.29, 1.82) is 0 Å². The highest BCUT2D eigenvalue weighted by Crippen LogP contribution is 2.19. The number of carboxylic acid groups (broad SMARTS) is 1. The summed E-state index contributed by atoms with van der Waals surface area (Å²) in [4.78, 5) is 26.5. The van der Waals surface area contributed by atoms with Crippen LogP contribution in [0.15, 0.2) is 30.6 Å². The molecule has 1 atom stereocenters. The zero-order valence-corrected chi connectivity index (χ0v) is 13.6. The Morgan fingerprint density at radius 2 is 2.17 bits per heavy atom. The van der Waals surface area contributed by atoms with Crippen molar-refractivity contribution < 1.29 is 9.90 Å². The molecule has 1 saturated heterocycles. The van der Waals surface area contributed by atoms with Gasteiger partial charge in [0.2, 0.25) is 5.95 Å². The summed E-state index contributed by atoms with van der Waals surface area (Å²) in [5.41, 5.74) is 1.32. The molecule has 7 nitrogen and oxygen atoms in total. The fraction of sp³-hybridized carbons (Fsp3) is 0.412. The molecule has 0 saturated carbocycles. The minimum atomic E-state index is -0.980. The van der Waals surface area contributed by atoms with Crippen LogP contribution in [-0.2, 0) is 0 Å². The van der Waals surface area contributed by atoms with Crippen molar-refractivity contribution in [2.45, 2.75) is 25.8 Å². The van der Waals surface area contributed by atoms with Gasteiger partial charge in [-0.05, 0) is 44.1 Å². The first-order valence-corrected chi connectivity index (χ1v) is 8.18. The van der Waals surface area contributed by atoms with Crippen molar-refractivity contribution in [3.05, 3.63) is 36.2 Å². The molecule has 0 aliphatic carbocycles. The smallest absolute Gasteiger partial charge is 0.335 e. The van der Waals surface area contributed by atoms with Crippen molar-refractivity contribution >= 4 is 11.9 Å². The normalized spacial score (nSPS) is 17.8. The molecule has 2 aromatic rings. The zero-order chi connectivity index (χ0) is 16.9. The van der Waals surface area contributed by atoms with Gasteiger partial charge in [0.1, 0.15) is 0 Å². The fourth-order valence-corrected chi connectivity index (χ4v) is 3.04. The maximum atomic E-state index is 11.1. The van der Waals surface area contributed by atoms with Gasteiger partial charge in [-0.25, -0.2) is 14.8 Å². The Kier molecular flexibility index (Phi) is 5.00. The first-order chi connectivity index (χ1) is 11.7. The lowest BCUT2D eigenvalue weighted by atomic mass is 10.2. The number of pyridine rings is 1. The zero-order valence-electron chi connectivity index (χ0n) is 13.6. The molecule has 1 unspecified atom stereocenters. The topological polar surface area (TPSA) is 91.2 Å². The van der Waals surface area contributed by atoms with E-state index in [2.05, 4.69) is 32.1 Å². The van der Waals surface area contributed by atoms with Crippen LogP contribution in [-0.4, -0.2) is 56.6 Å². The number of aromatic carboxylic acids is 1. The van der Waals surface area contributed by atoms with Crippen LogP contribution in [0.5, 0.6) is 0 Å². The number of likely N-dealkylation sites (N-methyl/N-ethyl adjacent to an activating group) is 1. The Labute approximate surface area is 140 Å². The van der Waals surface area contributed by atoms with Crippen LogP contribution in [0.25, 0.3) is 11.4 Å². The minimum absolute atomic E-state index is 0.192. The third-order valence-electron chi connectivity index (χ3n) is 4.33. The molecule has 24 heavy (non-hydrogen) atoms. The molecule has 3 heterocycles. The Hall–Kier alpha value is -2.54. The third kappa shape index (κ3) is 3.68. The van der Waals surface area contributed by atoms with Crippen molar-refractivity contribution in [3.63, 3.8) is 0 Å². The fourth-order valence-electron chi connectivity index (χ4n) is 3.04. The van der Waals surface area contributed by atoms with Crippen molar-refractivity contribution in [1.82, 2.24) is 19.9 Å². The number of anilines is 1. The van der Waals surface area contributed by atoms with Gasteiger partial charge in [0.05, 0.1) is 17.0 Å². The number of carboxylic acids is 1. The summed E-state index contributed by atoms with van der Waals surface area (Å²) < 4.78 is 0. The molecular weight excluding hydrogens is 306 g/mol. The van der Waals surface area contributed by atoms with Crippen molar-refractivity contribution in [3.8, 4) is 11.4 Å². The maximum Gasteiger partial charge on any atom is 0.335 e. The van der Waals surface area contributed by atoms with Crippen LogP contribution in [0, 0.1) is 0 Å². The summed E-state index contributed by atoms with van der Waals surface area (Å²) in [6.07, 6.45) is 5.55. The second-order valence-corrected chi connectivity index (χ2v) is 5.81. The van der Waals surface area contributed by atoms with Crippen LogP contribution in [0.1, 0.15) is 30.1 Å². The van der Waals surface area contributed by atoms with Gasteiger partial charge in [-0.1, -0.05) is 6.92 Å². The van der Waals surface area contributed by atoms with Crippen LogP contribution in [0.2, 0.25) is 0 Å². The molecule has 0 spiro atoms. The first kappa shape index (κ1) is 16.3. The van der Waals surface area contributed by atoms with E-state index in [-0.39, 0.29) is 5.56 Å². The monoisotopic (exact) mass is 327 g/mol. The number of aromatic nitrogens is 3. The predicted molar refractivity (Wildman–Crippen MR) is 91.0 cm³/mol. The number of rotatable bonds is 6. The van der Waals surface area contributed by atoms with Crippen LogP contribution in [0.4, 0.5) is 5.95 Å². The van der Waals surface area contributed by atoms with Gasteiger partial charge in [0, 0.05) is 25.0 Å². The molecule has 1 aliphatic heterocycles. The second kappa shape index (κ2) is 7.35. The van der Waals surface area contributed by atoms with Crippen LogP contribution < -0.4 is 5.32 Å². The molecule has 0 bridgehead atoms. The average Bonchev–Trinajstić information content (AvgIpc) is 3.08. The van der Waals surface area contributed by atoms with Gasteiger partial charge in [0.25, 0.3) is 0 Å². The lowest BCUT2D eigenvalue weighted by Crippen LogP contribution is -2.34. The highest BCUT2D eigenvalue weighted by atomic mass is 16.4. The minimum Gasteiger partial charge on any atom is -0.478 e. The Balaban J connectivity index is 1.72. The third-order valence-corrected chi connectivity index (χ3v) is 4.33. The van der Waals surface area contributed by atoms with E-state index in [0.29, 0.717) is 23.4 Å². The quantitative estimate of drug-likeness (QED) is 0.840. The molecule has 0 amide bonds. The van der Waals surface area contributed by atoms with E-state index in [9.17, 15) is 4.79 Å². The Bertz CT molecular complexity index is 722. The van der Waals surface area contributed by atoms with Crippen molar-refractivity contribution in [2.75, 3.05) is 25.0 Å². The summed E-state index contributed by atoms with van der Waals surface area (Å²) in [6.45, 7) is 5.19. The standard InChI is InChI=1S/C17H21N5O2/c1-2-22-9-3-4-13(22)11-20-17-19-8-6-14(21-17)15-10-12(16(23)24)5-7-18-15/h5-8,10,13H,2-4,9,11H2,1H3,(H,23,24)(H,19,20,21). The first-order valence-electron chi connectivity index (χ1n) is 8.18. The maximum absolute atomic E-state index is 11.1. The van der Waals surface area contributed by atoms with Crippen LogP contribution in [0.3, 0.4) is 0 Å². The van der Waals surface area contributed by atoms with Gasteiger partial charge < -0.3 is 10.4 Å². The number of nitrogens with zero attached hydrogens (tertiary/aromatic N) is 4. The molecule has 0 radical (unpaired) electrons. The van der Waals surface area contributed by atoms with E-state index in [1.165, 1.54) is 31.2 Å². The number of likely N-dealkylation sites (tertiary alicyclic amines) is 1. The van der Waals surface area contributed by atoms with E-state index in [0.717, 1.165) is 19.6 Å². The summed E-state index contributed by atoms with van der Waals surface area (Å²) in [5.74, 6) is -0.440. The van der Waals surface area contributed by atoms with Gasteiger partial charge in [-0.15, -0.1) is 0 Å². The SMILES string of the molecule is CCN1CCCC1CNc1nccc(-c2cc(C(=O)O)ccn2)n1. The molecular formula is C17H21N5O2. The molecule has 7 heteroatoms. The molecule has 2 aromatic heterocycles. The average molecular weight is 327 g/mol. The highest BCUT2D eigenvalue weighted by Gasteiger charge is 2.22. The van der Waals surface area contributed by atoms with E-state index in [4.69, 9.17) is 5.11 Å². The van der Waals surface area contributed by atoms with Gasteiger partial charge in [-0.2, -0.15) is 0 Å². The molecule has 3 rings (SSSR count). The summed E-state index contributed by atoms with van der Waals surface area (Å²) in [6, 6.07) is 5.22. The number of carbonyl (C=O) groups is 1. The summed E-state index contributed by atoms with van der Waals surface area (Å²) in [5, 5.41) is 12.4. The van der Waals surface area contributed by atoms with E-state index in [1.54, 1.807) is 12.3 Å². The van der Waals surface area contributed by atoms with Gasteiger partial charge >= 0.3 is 5.97 Å². The van der Waals surface area contributed by atoms with Crippen LogP contribution >= 0.6 is 0 Å². The molecule has 2 N–H and O–H groups in total. The van der Waals surface area contributed by atoms with Gasteiger partial charge in [-0.3, -0.25) is 9.88 Å². The Morgan fingerprint density at radius 3 is 2.96 bits per heavy atom. The second-order valence-electron chi connectivity index (χ2n) is 5.81. The number of hydrogen-bond donors (Lipinski definition) is 2. The lowest BCUT2D eigenvalue weighted by Gasteiger charge is -2.22. The lowest BCUT2D eigenvalue weighted by molar-refractivity contribution is 0.0697. The van der Waals surface area contributed by atoms with E-state index >= 15 is 0 Å². The van der Waals surface area contributed by atoms with Gasteiger partial charge in [0.15, 0.2) is 0 Å². The van der Waals surface area contributed by atoms with E-state index < -0.39 is 5.97 Å². The molecule has 0 aromatic carbocycles. The summed E-state index contributed by atoms with van der Waals surface area (Å²) in [7, 11) is 0. The Morgan fingerprint density at radius 1 is 1.33 bits per heavy atom. The number of hydrogen-bond acceptors (Lipinski definition) is 6. The van der Waals surface area contributed by atoms with E-state index in [1.807, 2.05) is 0 Å². The summed E-state index contributed by atoms with van der Waals surface area (Å²) >= 11 is 0. The highest BCUT2D eigenvalue weighted by molar-refractivity contribution is 5.88. The van der Waals surface area contributed by atoms with Crippen molar-refractivity contribution in [2.24, 2.45) is 0 Å². The molecule has 1 aliphatic rings. The predicted octanol–water partition coefficient (Wildman–Crippen LogP) is 2.13. The molecule has 1 fully saturated rings. The number of nitrogens with one attached hydrogen (secondary N) is 1.